The van der Waals surface area contributed by atoms with Crippen molar-refractivity contribution in [1.29, 1.82) is 0 Å². The Hall–Kier alpha value is -2.59. The molecule has 2 N–H and O–H groups in total. The zero-order valence-corrected chi connectivity index (χ0v) is 15.0. The van der Waals surface area contributed by atoms with Gasteiger partial charge in [-0.2, -0.15) is 0 Å². The molecule has 0 spiro atoms. The highest BCUT2D eigenvalue weighted by molar-refractivity contribution is 5.80. The molecule has 0 radical (unpaired) electrons. The number of anilines is 1. The number of pyridine rings is 1. The minimum atomic E-state index is -0.263. The fourth-order valence-corrected chi connectivity index (χ4v) is 3.67. The lowest BCUT2D eigenvalue weighted by atomic mass is 10.1. The number of amides is 1. The number of carbonyl (C=O) groups excluding carboxylic acids is 1. The third-order valence-electron chi connectivity index (χ3n) is 4.94. The summed E-state index contributed by atoms with van der Waals surface area (Å²) in [7, 11) is 0. The number of nitrogens with one attached hydrogen (secondary N) is 2. The van der Waals surface area contributed by atoms with Gasteiger partial charge in [0.1, 0.15) is 12.5 Å². The van der Waals surface area contributed by atoms with Gasteiger partial charge in [-0.3, -0.25) is 15.2 Å². The fourth-order valence-electron chi connectivity index (χ4n) is 3.67. The van der Waals surface area contributed by atoms with Crippen molar-refractivity contribution in [1.82, 2.24) is 40.9 Å². The summed E-state index contributed by atoms with van der Waals surface area (Å²) in [6.07, 6.45) is 1.26. The van der Waals surface area contributed by atoms with Crippen LogP contribution in [0.3, 0.4) is 0 Å². The third kappa shape index (κ3) is 3.25. The molecule has 10 nitrogen and oxygen atoms in total. The smallest absolute Gasteiger partial charge is 0.230 e. The van der Waals surface area contributed by atoms with Gasteiger partial charge in [-0.05, 0) is 36.4 Å². The van der Waals surface area contributed by atoms with Crippen LogP contribution in [0.25, 0.3) is 0 Å². The van der Waals surface area contributed by atoms with Gasteiger partial charge in [-0.25, -0.2) is 10.1 Å². The number of rotatable bonds is 3. The van der Waals surface area contributed by atoms with Crippen LogP contribution in [0.5, 0.6) is 0 Å². The van der Waals surface area contributed by atoms with E-state index in [1.807, 2.05) is 18.7 Å². The first-order valence-electron chi connectivity index (χ1n) is 8.82. The van der Waals surface area contributed by atoms with Crippen molar-refractivity contribution in [2.24, 2.45) is 5.92 Å². The molecule has 0 aromatic carbocycles. The van der Waals surface area contributed by atoms with Crippen molar-refractivity contribution < 1.29 is 4.79 Å². The lowest BCUT2D eigenvalue weighted by Crippen LogP contribution is -2.51. The second-order valence-corrected chi connectivity index (χ2v) is 6.79. The Balaban J connectivity index is 1.40. The average molecular weight is 357 g/mol. The van der Waals surface area contributed by atoms with Crippen LogP contribution in [-0.4, -0.2) is 68.7 Å². The van der Waals surface area contributed by atoms with Crippen LogP contribution in [-0.2, 0) is 4.79 Å². The van der Waals surface area contributed by atoms with Crippen LogP contribution in [0.1, 0.15) is 17.6 Å². The molecule has 1 amide bonds. The lowest BCUT2D eigenvalue weighted by Gasteiger charge is -2.37. The summed E-state index contributed by atoms with van der Waals surface area (Å²) in [6.45, 7) is 7.63. The van der Waals surface area contributed by atoms with Gasteiger partial charge in [-0.1, -0.05) is 0 Å². The largest absolute Gasteiger partial charge is 0.368 e. The van der Waals surface area contributed by atoms with Crippen molar-refractivity contribution >= 4 is 11.6 Å². The SMILES string of the molecule is Cc1cc(N2CCN(C(=O)C3CNNC3n3cnnn3)CC2)cc(C)n1. The monoisotopic (exact) mass is 357 g/mol. The first-order valence-corrected chi connectivity index (χ1v) is 8.82. The van der Waals surface area contributed by atoms with E-state index in [-0.39, 0.29) is 18.0 Å². The fraction of sp³-hybridized carbons (Fsp3) is 0.562. The van der Waals surface area contributed by atoms with E-state index in [0.29, 0.717) is 19.6 Å². The number of carbonyl (C=O) groups is 1. The Kier molecular flexibility index (Phi) is 4.51. The third-order valence-corrected chi connectivity index (χ3v) is 4.94. The highest BCUT2D eigenvalue weighted by atomic mass is 16.2. The highest BCUT2D eigenvalue weighted by Gasteiger charge is 2.38. The predicted octanol–water partition coefficient (Wildman–Crippen LogP) is -0.744. The van der Waals surface area contributed by atoms with E-state index in [0.717, 1.165) is 24.5 Å². The van der Waals surface area contributed by atoms with E-state index in [9.17, 15) is 4.79 Å². The van der Waals surface area contributed by atoms with Crippen molar-refractivity contribution in [3.63, 3.8) is 0 Å². The molecule has 26 heavy (non-hydrogen) atoms. The summed E-state index contributed by atoms with van der Waals surface area (Å²) in [5.41, 5.74) is 9.35. The molecule has 2 saturated heterocycles. The van der Waals surface area contributed by atoms with E-state index in [4.69, 9.17) is 0 Å². The van der Waals surface area contributed by atoms with Crippen LogP contribution < -0.4 is 15.8 Å². The maximum atomic E-state index is 13.0. The lowest BCUT2D eigenvalue weighted by molar-refractivity contribution is -0.136. The van der Waals surface area contributed by atoms with Gasteiger partial charge in [0, 0.05) is 49.8 Å². The molecule has 2 aromatic heterocycles. The van der Waals surface area contributed by atoms with E-state index in [1.54, 1.807) is 4.68 Å². The molecular formula is C16H23N9O. The molecule has 2 fully saturated rings. The highest BCUT2D eigenvalue weighted by Crippen LogP contribution is 2.23. The van der Waals surface area contributed by atoms with E-state index < -0.39 is 0 Å². The molecule has 2 atom stereocenters. The van der Waals surface area contributed by atoms with Crippen molar-refractivity contribution in [3.8, 4) is 0 Å². The molecular weight excluding hydrogens is 334 g/mol. The Morgan fingerprint density at radius 1 is 1.15 bits per heavy atom. The second-order valence-electron chi connectivity index (χ2n) is 6.79. The summed E-state index contributed by atoms with van der Waals surface area (Å²) in [5, 5.41) is 11.2. The molecule has 2 aromatic rings. The maximum Gasteiger partial charge on any atom is 0.230 e. The number of nitrogens with zero attached hydrogens (tertiary/aromatic N) is 7. The van der Waals surface area contributed by atoms with Crippen LogP contribution in [0.15, 0.2) is 18.5 Å². The van der Waals surface area contributed by atoms with Crippen molar-refractivity contribution in [2.75, 3.05) is 37.6 Å². The molecule has 2 aliphatic rings. The normalized spacial score (nSPS) is 23.5. The van der Waals surface area contributed by atoms with E-state index >= 15 is 0 Å². The van der Waals surface area contributed by atoms with Crippen molar-refractivity contribution in [3.05, 3.63) is 29.8 Å². The topological polar surface area (TPSA) is 104 Å². The first-order chi connectivity index (χ1) is 12.6. The zero-order chi connectivity index (χ0) is 18.1. The standard InChI is InChI=1S/C16H23N9O/c1-11-7-13(8-12(2)19-11)23-3-5-24(6-4-23)16(26)14-9-17-20-15(14)25-10-18-21-22-25/h7-8,10,14-15,17,20H,3-6,9H2,1-2H3. The summed E-state index contributed by atoms with van der Waals surface area (Å²) >= 11 is 0. The molecule has 4 rings (SSSR count). The number of aromatic nitrogens is 5. The minimum Gasteiger partial charge on any atom is -0.368 e. The van der Waals surface area contributed by atoms with Crippen LogP contribution in [0.4, 0.5) is 5.69 Å². The molecule has 0 saturated carbocycles. The van der Waals surface area contributed by atoms with Gasteiger partial charge in [0.25, 0.3) is 0 Å². The van der Waals surface area contributed by atoms with Crippen LogP contribution in [0, 0.1) is 19.8 Å². The van der Waals surface area contributed by atoms with Gasteiger partial charge >= 0.3 is 0 Å². The Bertz CT molecular complexity index is 750. The van der Waals surface area contributed by atoms with Gasteiger partial charge in [0.15, 0.2) is 0 Å². The van der Waals surface area contributed by atoms with E-state index in [2.05, 4.69) is 48.4 Å². The quantitative estimate of drug-likeness (QED) is 0.740. The molecule has 0 aliphatic carbocycles. The first kappa shape index (κ1) is 16.9. The summed E-state index contributed by atoms with van der Waals surface area (Å²) in [4.78, 5) is 21.7. The Morgan fingerprint density at radius 2 is 1.88 bits per heavy atom. The number of hydrogen-bond acceptors (Lipinski definition) is 8. The number of hydrazine groups is 1. The van der Waals surface area contributed by atoms with Crippen LogP contribution in [0.2, 0.25) is 0 Å². The number of tetrazole rings is 1. The van der Waals surface area contributed by atoms with Gasteiger partial charge < -0.3 is 9.80 Å². The number of hydrogen-bond donors (Lipinski definition) is 2. The molecule has 2 aliphatic heterocycles. The van der Waals surface area contributed by atoms with Crippen molar-refractivity contribution in [2.45, 2.75) is 20.0 Å². The summed E-state index contributed by atoms with van der Waals surface area (Å²) < 4.78 is 1.58. The van der Waals surface area contributed by atoms with Gasteiger partial charge in [-0.15, -0.1) is 5.10 Å². The maximum absolute atomic E-state index is 13.0. The van der Waals surface area contributed by atoms with Crippen LogP contribution >= 0.6 is 0 Å². The van der Waals surface area contributed by atoms with Gasteiger partial charge in [0.05, 0.1) is 5.92 Å². The second kappa shape index (κ2) is 6.96. The number of piperazine rings is 1. The average Bonchev–Trinajstić information content (AvgIpc) is 3.31. The molecule has 4 heterocycles. The zero-order valence-electron chi connectivity index (χ0n) is 15.0. The Labute approximate surface area is 151 Å². The molecule has 2 unspecified atom stereocenters. The predicted molar refractivity (Wildman–Crippen MR) is 94.0 cm³/mol. The van der Waals surface area contributed by atoms with Gasteiger partial charge in [0.2, 0.25) is 5.91 Å². The Morgan fingerprint density at radius 3 is 2.54 bits per heavy atom. The summed E-state index contributed by atoms with van der Waals surface area (Å²) in [6, 6.07) is 4.20. The molecule has 0 bridgehead atoms. The summed E-state index contributed by atoms with van der Waals surface area (Å²) in [5.74, 6) is -0.0970. The minimum absolute atomic E-state index is 0.129. The molecule has 138 valence electrons. The number of aryl methyl sites for hydroxylation is 2. The molecule has 10 heteroatoms. The van der Waals surface area contributed by atoms with E-state index in [1.165, 1.54) is 12.0 Å².